The molecule has 2 unspecified atom stereocenters. The van der Waals surface area contributed by atoms with Crippen molar-refractivity contribution in [2.45, 2.75) is 64.0 Å². The molecule has 1 N–H and O–H groups in total. The lowest BCUT2D eigenvalue weighted by Gasteiger charge is -2.36. The van der Waals surface area contributed by atoms with E-state index in [2.05, 4.69) is 17.1 Å². The van der Waals surface area contributed by atoms with Gasteiger partial charge in [0, 0.05) is 6.04 Å². The van der Waals surface area contributed by atoms with Gasteiger partial charge in [-0.25, -0.2) is 0 Å². The van der Waals surface area contributed by atoms with Crippen LogP contribution >= 0.6 is 0 Å². The van der Waals surface area contributed by atoms with Crippen LogP contribution in [0.4, 0.5) is 0 Å². The number of likely N-dealkylation sites (tertiary alicyclic amines) is 1. The van der Waals surface area contributed by atoms with Crippen molar-refractivity contribution in [2.75, 3.05) is 27.2 Å². The van der Waals surface area contributed by atoms with E-state index in [4.69, 9.17) is 4.74 Å². The lowest BCUT2D eigenvalue weighted by Crippen LogP contribution is -2.49. The molecule has 1 aliphatic rings. The van der Waals surface area contributed by atoms with E-state index < -0.39 is 5.54 Å². The molecular formula is C15H30N2O2. The number of ether oxygens (including phenoxy) is 1. The fraction of sp³-hybridized carbons (Fsp3) is 0.933. The molecule has 0 amide bonds. The van der Waals surface area contributed by atoms with E-state index in [0.29, 0.717) is 0 Å². The Morgan fingerprint density at radius 3 is 2.79 bits per heavy atom. The number of likely N-dealkylation sites (N-methyl/N-ethyl adjacent to an activating group) is 1. The second kappa shape index (κ2) is 7.85. The number of hydrogen-bond donors (Lipinski definition) is 1. The molecule has 0 spiro atoms. The van der Waals surface area contributed by atoms with Crippen molar-refractivity contribution in [3.8, 4) is 0 Å². The summed E-state index contributed by atoms with van der Waals surface area (Å²) in [6.07, 6.45) is 7.10. The maximum absolute atomic E-state index is 11.8. The summed E-state index contributed by atoms with van der Waals surface area (Å²) >= 11 is 0. The van der Waals surface area contributed by atoms with E-state index in [1.165, 1.54) is 39.3 Å². The van der Waals surface area contributed by atoms with Gasteiger partial charge in [-0.05, 0) is 59.2 Å². The zero-order chi connectivity index (χ0) is 14.3. The smallest absolute Gasteiger partial charge is 0.325 e. The van der Waals surface area contributed by atoms with Crippen LogP contribution in [0.2, 0.25) is 0 Å². The van der Waals surface area contributed by atoms with Crippen molar-refractivity contribution >= 4 is 5.97 Å². The zero-order valence-electron chi connectivity index (χ0n) is 13.0. The van der Waals surface area contributed by atoms with Crippen LogP contribution in [0.25, 0.3) is 0 Å². The number of carbonyl (C=O) groups excluding carboxylic acids is 1. The number of rotatable bonds is 7. The number of piperidine rings is 1. The minimum atomic E-state index is -0.549. The Labute approximate surface area is 117 Å². The molecule has 2 atom stereocenters. The second-order valence-corrected chi connectivity index (χ2v) is 5.77. The lowest BCUT2D eigenvalue weighted by molar-refractivity contribution is -0.148. The van der Waals surface area contributed by atoms with Gasteiger partial charge < -0.3 is 15.0 Å². The molecule has 0 aromatic rings. The molecule has 0 aromatic carbocycles. The SMILES string of the molecule is CCC1CCCCN1CCCC(C)(NC)C(=O)OC. The third-order valence-corrected chi connectivity index (χ3v) is 4.53. The standard InChI is InChI=1S/C15H30N2O2/c1-5-13-9-6-7-11-17(13)12-8-10-15(2,16-3)14(18)19-4/h13,16H,5-12H2,1-4H3. The molecule has 19 heavy (non-hydrogen) atoms. The second-order valence-electron chi connectivity index (χ2n) is 5.77. The van der Waals surface area contributed by atoms with E-state index >= 15 is 0 Å². The summed E-state index contributed by atoms with van der Waals surface area (Å²) in [5.41, 5.74) is -0.549. The highest BCUT2D eigenvalue weighted by Crippen LogP contribution is 2.21. The molecule has 0 bridgehead atoms. The average Bonchev–Trinajstić information content (AvgIpc) is 2.46. The van der Waals surface area contributed by atoms with Gasteiger partial charge in [0.25, 0.3) is 0 Å². The maximum Gasteiger partial charge on any atom is 0.325 e. The first-order valence-corrected chi connectivity index (χ1v) is 7.58. The first kappa shape index (κ1) is 16.4. The van der Waals surface area contributed by atoms with Crippen LogP contribution in [0.5, 0.6) is 0 Å². The number of hydrogen-bond acceptors (Lipinski definition) is 4. The number of esters is 1. The molecule has 1 aliphatic heterocycles. The van der Waals surface area contributed by atoms with E-state index in [1.807, 2.05) is 14.0 Å². The summed E-state index contributed by atoms with van der Waals surface area (Å²) in [5.74, 6) is -0.166. The van der Waals surface area contributed by atoms with Crippen LogP contribution in [-0.4, -0.2) is 49.7 Å². The predicted octanol–water partition coefficient (Wildman–Crippen LogP) is 2.18. The van der Waals surface area contributed by atoms with E-state index in [-0.39, 0.29) is 5.97 Å². The summed E-state index contributed by atoms with van der Waals surface area (Å²) in [6, 6.07) is 0.743. The Morgan fingerprint density at radius 1 is 1.47 bits per heavy atom. The molecule has 112 valence electrons. The number of nitrogens with zero attached hydrogens (tertiary/aromatic N) is 1. The first-order valence-electron chi connectivity index (χ1n) is 7.58. The van der Waals surface area contributed by atoms with Crippen LogP contribution in [0.15, 0.2) is 0 Å². The summed E-state index contributed by atoms with van der Waals surface area (Å²) in [5, 5.41) is 3.10. The topological polar surface area (TPSA) is 41.6 Å². The molecule has 4 heteroatoms. The van der Waals surface area contributed by atoms with Gasteiger partial charge in [-0.3, -0.25) is 4.79 Å². The highest BCUT2D eigenvalue weighted by Gasteiger charge is 2.32. The summed E-state index contributed by atoms with van der Waals surface area (Å²) in [6.45, 7) is 6.50. The van der Waals surface area contributed by atoms with E-state index in [0.717, 1.165) is 25.4 Å². The van der Waals surface area contributed by atoms with Gasteiger partial charge in [0.1, 0.15) is 5.54 Å². The lowest BCUT2D eigenvalue weighted by atomic mass is 9.94. The summed E-state index contributed by atoms with van der Waals surface area (Å²) in [7, 11) is 3.28. The molecule has 0 radical (unpaired) electrons. The Kier molecular flexibility index (Phi) is 6.80. The monoisotopic (exact) mass is 270 g/mol. The minimum Gasteiger partial charge on any atom is -0.468 e. The van der Waals surface area contributed by atoms with E-state index in [9.17, 15) is 4.79 Å². The van der Waals surface area contributed by atoms with Crippen LogP contribution in [-0.2, 0) is 9.53 Å². The first-order chi connectivity index (χ1) is 9.07. The van der Waals surface area contributed by atoms with Crippen molar-refractivity contribution in [2.24, 2.45) is 0 Å². The maximum atomic E-state index is 11.8. The number of methoxy groups -OCH3 is 1. The number of carbonyl (C=O) groups is 1. The van der Waals surface area contributed by atoms with Crippen molar-refractivity contribution < 1.29 is 9.53 Å². The Balaban J connectivity index is 2.41. The third-order valence-electron chi connectivity index (χ3n) is 4.53. The van der Waals surface area contributed by atoms with Gasteiger partial charge in [0.05, 0.1) is 7.11 Å². The molecule has 1 heterocycles. The fourth-order valence-corrected chi connectivity index (χ4v) is 3.01. The zero-order valence-corrected chi connectivity index (χ0v) is 13.0. The highest BCUT2D eigenvalue weighted by atomic mass is 16.5. The Hall–Kier alpha value is -0.610. The molecule has 0 saturated carbocycles. The van der Waals surface area contributed by atoms with Gasteiger partial charge in [0.15, 0.2) is 0 Å². The van der Waals surface area contributed by atoms with Crippen LogP contribution < -0.4 is 5.32 Å². The third kappa shape index (κ3) is 4.46. The van der Waals surface area contributed by atoms with Gasteiger partial charge >= 0.3 is 5.97 Å². The molecule has 4 nitrogen and oxygen atoms in total. The molecule has 0 aliphatic carbocycles. The van der Waals surface area contributed by atoms with Gasteiger partial charge in [0.2, 0.25) is 0 Å². The average molecular weight is 270 g/mol. The number of nitrogens with one attached hydrogen (secondary N) is 1. The fourth-order valence-electron chi connectivity index (χ4n) is 3.01. The summed E-state index contributed by atoms with van der Waals surface area (Å²) < 4.78 is 4.88. The summed E-state index contributed by atoms with van der Waals surface area (Å²) in [4.78, 5) is 14.4. The highest BCUT2D eigenvalue weighted by molar-refractivity contribution is 5.80. The molecule has 1 fully saturated rings. The molecular weight excluding hydrogens is 240 g/mol. The molecule has 0 aromatic heterocycles. The van der Waals surface area contributed by atoms with Crippen LogP contribution in [0.3, 0.4) is 0 Å². The largest absolute Gasteiger partial charge is 0.468 e. The van der Waals surface area contributed by atoms with E-state index in [1.54, 1.807) is 0 Å². The van der Waals surface area contributed by atoms with Crippen molar-refractivity contribution in [3.05, 3.63) is 0 Å². The quantitative estimate of drug-likeness (QED) is 0.720. The van der Waals surface area contributed by atoms with Crippen LogP contribution in [0, 0.1) is 0 Å². The minimum absolute atomic E-state index is 0.166. The predicted molar refractivity (Wildman–Crippen MR) is 78.2 cm³/mol. The van der Waals surface area contributed by atoms with Crippen molar-refractivity contribution in [3.63, 3.8) is 0 Å². The molecule has 1 rings (SSSR count). The van der Waals surface area contributed by atoms with Gasteiger partial charge in [-0.1, -0.05) is 13.3 Å². The van der Waals surface area contributed by atoms with Crippen molar-refractivity contribution in [1.82, 2.24) is 10.2 Å². The Bertz CT molecular complexity index is 283. The van der Waals surface area contributed by atoms with Gasteiger partial charge in [-0.15, -0.1) is 0 Å². The van der Waals surface area contributed by atoms with Crippen molar-refractivity contribution in [1.29, 1.82) is 0 Å². The van der Waals surface area contributed by atoms with Gasteiger partial charge in [-0.2, -0.15) is 0 Å². The molecule has 1 saturated heterocycles. The normalized spacial score (nSPS) is 23.9. The Morgan fingerprint density at radius 2 is 2.21 bits per heavy atom. The van der Waals surface area contributed by atoms with Crippen LogP contribution in [0.1, 0.15) is 52.4 Å².